The predicted molar refractivity (Wildman–Crippen MR) is 74.3 cm³/mol. The van der Waals surface area contributed by atoms with Crippen LogP contribution < -0.4 is 0 Å². The number of aromatic nitrogens is 2. The van der Waals surface area contributed by atoms with E-state index in [1.54, 1.807) is 0 Å². The Kier molecular flexibility index (Phi) is 4.61. The lowest BCUT2D eigenvalue weighted by Gasteiger charge is -2.08. The van der Waals surface area contributed by atoms with Gasteiger partial charge in [-0.05, 0) is 11.6 Å². The molecule has 1 aromatic carbocycles. The zero-order valence-electron chi connectivity index (χ0n) is 11.0. The van der Waals surface area contributed by atoms with Crippen molar-refractivity contribution in [2.45, 2.75) is 12.6 Å². The topological polar surface area (TPSA) is 83.3 Å². The maximum atomic E-state index is 14.2. The fraction of sp³-hybridized carbons (Fsp3) is 0.133. The molecule has 0 radical (unpaired) electrons. The van der Waals surface area contributed by atoms with E-state index in [-0.39, 0.29) is 17.8 Å². The summed E-state index contributed by atoms with van der Waals surface area (Å²) in [4.78, 5) is 18.1. The van der Waals surface area contributed by atoms with Crippen LogP contribution in [0.2, 0.25) is 0 Å². The van der Waals surface area contributed by atoms with Gasteiger partial charge in [0, 0.05) is 12.5 Å². The molecule has 6 heteroatoms. The molecular weight excluding hydrogens is 275 g/mol. The first-order valence-electron chi connectivity index (χ1n) is 6.20. The van der Waals surface area contributed by atoms with Crippen molar-refractivity contribution < 1.29 is 19.4 Å². The molecule has 1 aromatic heterocycles. The van der Waals surface area contributed by atoms with Crippen molar-refractivity contribution in [3.63, 3.8) is 0 Å². The van der Waals surface area contributed by atoms with Crippen molar-refractivity contribution in [2.75, 3.05) is 0 Å². The molecule has 2 N–H and O–H groups in total. The Morgan fingerprint density at radius 2 is 1.95 bits per heavy atom. The molecule has 108 valence electrons. The van der Waals surface area contributed by atoms with E-state index in [0.29, 0.717) is 0 Å². The Morgan fingerprint density at radius 3 is 2.62 bits per heavy atom. The number of halogens is 1. The Labute approximate surface area is 120 Å². The van der Waals surface area contributed by atoms with E-state index in [2.05, 4.69) is 9.97 Å². The zero-order chi connectivity index (χ0) is 15.2. The van der Waals surface area contributed by atoms with Crippen molar-refractivity contribution >= 4 is 12.0 Å². The number of hydrogen-bond acceptors (Lipinski definition) is 4. The fourth-order valence-corrected chi connectivity index (χ4v) is 1.77. The molecule has 0 bridgehead atoms. The lowest BCUT2D eigenvalue weighted by atomic mass is 10.1. The summed E-state index contributed by atoms with van der Waals surface area (Å²) < 4.78 is 14.2. The van der Waals surface area contributed by atoms with Crippen LogP contribution in [0.15, 0.2) is 48.5 Å². The third-order valence-corrected chi connectivity index (χ3v) is 2.79. The fourth-order valence-electron chi connectivity index (χ4n) is 1.77. The quantitative estimate of drug-likeness (QED) is 0.653. The Bertz CT molecular complexity index is 659. The molecule has 0 spiro atoms. The molecule has 0 aliphatic heterocycles. The number of alkyl halides is 1. The van der Waals surface area contributed by atoms with Crippen LogP contribution in [-0.2, 0) is 11.2 Å². The summed E-state index contributed by atoms with van der Waals surface area (Å²) in [5, 5.41) is 17.7. The van der Waals surface area contributed by atoms with Crippen LogP contribution in [0.5, 0.6) is 0 Å². The third kappa shape index (κ3) is 4.10. The van der Waals surface area contributed by atoms with Gasteiger partial charge >= 0.3 is 5.97 Å². The van der Waals surface area contributed by atoms with Crippen LogP contribution in [0.3, 0.4) is 0 Å². The van der Waals surface area contributed by atoms with Crippen molar-refractivity contribution in [3.05, 3.63) is 65.4 Å². The average Bonchev–Trinajstić information content (AvgIpc) is 2.48. The number of carboxylic acid groups (broad SMARTS) is 1. The summed E-state index contributed by atoms with van der Waals surface area (Å²) in [6.45, 7) is 0. The predicted octanol–water partition coefficient (Wildman–Crippen LogP) is 2.71. The minimum atomic E-state index is -1.48. The molecule has 1 unspecified atom stereocenters. The molecule has 0 fully saturated rings. The zero-order valence-corrected chi connectivity index (χ0v) is 11.0. The molecule has 5 nitrogen and oxygen atoms in total. The average molecular weight is 288 g/mol. The van der Waals surface area contributed by atoms with E-state index < -0.39 is 17.9 Å². The minimum Gasteiger partial charge on any atom is -0.502 e. The van der Waals surface area contributed by atoms with Gasteiger partial charge in [0.05, 0.1) is 11.4 Å². The van der Waals surface area contributed by atoms with Gasteiger partial charge in [-0.2, -0.15) is 0 Å². The summed E-state index contributed by atoms with van der Waals surface area (Å²) >= 11 is 0. The van der Waals surface area contributed by atoms with Crippen LogP contribution in [0.1, 0.15) is 23.1 Å². The van der Waals surface area contributed by atoms with Crippen LogP contribution in [0.4, 0.5) is 4.39 Å². The second-order valence-electron chi connectivity index (χ2n) is 4.36. The van der Waals surface area contributed by atoms with Crippen LogP contribution in [-0.4, -0.2) is 26.2 Å². The molecule has 0 saturated carbocycles. The highest BCUT2D eigenvalue weighted by Crippen LogP contribution is 2.21. The normalized spacial score (nSPS) is 12.9. The van der Waals surface area contributed by atoms with E-state index in [9.17, 15) is 9.18 Å². The number of nitrogens with zero attached hydrogens (tertiary/aromatic N) is 2. The summed E-state index contributed by atoms with van der Waals surface area (Å²) in [7, 11) is 0. The van der Waals surface area contributed by atoms with Crippen LogP contribution >= 0.6 is 0 Å². The maximum Gasteiger partial charge on any atom is 0.371 e. The highest BCUT2D eigenvalue weighted by Gasteiger charge is 2.13. The minimum absolute atomic E-state index is 0.135. The molecule has 0 aliphatic carbocycles. The molecular formula is C15H13FN2O3. The van der Waals surface area contributed by atoms with E-state index in [1.165, 1.54) is 6.07 Å². The standard InChI is InChI=1S/C15H13FN2O3/c16-12(6-10-4-2-1-3-5-10)13-7-11(17-9-18-13)8-14(19)15(20)21/h1-5,7-9,12,19H,6H2,(H,20,21)/b14-8-. The molecule has 2 aromatic rings. The number of rotatable bonds is 5. The van der Waals surface area contributed by atoms with Gasteiger partial charge in [0.1, 0.15) is 12.5 Å². The smallest absolute Gasteiger partial charge is 0.371 e. The number of carboxylic acids is 1. The molecule has 0 amide bonds. The van der Waals surface area contributed by atoms with Crippen LogP contribution in [0.25, 0.3) is 6.08 Å². The Hall–Kier alpha value is -2.76. The number of aliphatic carboxylic acids is 1. The molecule has 0 saturated heterocycles. The van der Waals surface area contributed by atoms with Gasteiger partial charge in [-0.3, -0.25) is 0 Å². The molecule has 21 heavy (non-hydrogen) atoms. The highest BCUT2D eigenvalue weighted by atomic mass is 19.1. The SMILES string of the molecule is O=C(O)/C(O)=C/c1cc(C(F)Cc2ccccc2)ncn1. The highest BCUT2D eigenvalue weighted by molar-refractivity contribution is 5.88. The number of benzene rings is 1. The first-order chi connectivity index (χ1) is 10.1. The van der Waals surface area contributed by atoms with Gasteiger partial charge < -0.3 is 10.2 Å². The monoisotopic (exact) mass is 288 g/mol. The van der Waals surface area contributed by atoms with Gasteiger partial charge in [0.15, 0.2) is 0 Å². The lowest BCUT2D eigenvalue weighted by Crippen LogP contribution is -2.02. The molecule has 0 aliphatic rings. The second kappa shape index (κ2) is 6.60. The summed E-state index contributed by atoms with van der Waals surface area (Å²) in [5.41, 5.74) is 1.10. The van der Waals surface area contributed by atoms with Crippen molar-refractivity contribution in [1.82, 2.24) is 9.97 Å². The summed E-state index contributed by atoms with van der Waals surface area (Å²) in [6.07, 6.45) is 0.900. The largest absolute Gasteiger partial charge is 0.502 e. The molecule has 2 rings (SSSR count). The Balaban J connectivity index is 2.17. The lowest BCUT2D eigenvalue weighted by molar-refractivity contribution is -0.135. The van der Waals surface area contributed by atoms with E-state index >= 15 is 0 Å². The summed E-state index contributed by atoms with van der Waals surface area (Å²) in [6, 6.07) is 10.4. The van der Waals surface area contributed by atoms with Gasteiger partial charge in [-0.25, -0.2) is 19.2 Å². The first kappa shape index (κ1) is 14.6. The van der Waals surface area contributed by atoms with Crippen molar-refractivity contribution in [1.29, 1.82) is 0 Å². The van der Waals surface area contributed by atoms with Crippen molar-refractivity contribution in [3.8, 4) is 0 Å². The number of hydrogen-bond donors (Lipinski definition) is 2. The van der Waals surface area contributed by atoms with E-state index in [0.717, 1.165) is 18.0 Å². The number of carbonyl (C=O) groups is 1. The Morgan fingerprint density at radius 1 is 1.24 bits per heavy atom. The molecule has 1 atom stereocenters. The molecule has 1 heterocycles. The van der Waals surface area contributed by atoms with Gasteiger partial charge in [-0.15, -0.1) is 0 Å². The van der Waals surface area contributed by atoms with E-state index in [1.807, 2.05) is 30.3 Å². The third-order valence-electron chi connectivity index (χ3n) is 2.79. The van der Waals surface area contributed by atoms with Gasteiger partial charge in [0.2, 0.25) is 5.76 Å². The van der Waals surface area contributed by atoms with Crippen molar-refractivity contribution in [2.24, 2.45) is 0 Å². The number of aliphatic hydroxyl groups is 1. The number of aliphatic hydroxyl groups excluding tert-OH is 1. The van der Waals surface area contributed by atoms with Gasteiger partial charge in [-0.1, -0.05) is 30.3 Å². The van der Waals surface area contributed by atoms with Crippen LogP contribution in [0, 0.1) is 0 Å². The van der Waals surface area contributed by atoms with Gasteiger partial charge in [0.25, 0.3) is 0 Å². The van der Waals surface area contributed by atoms with E-state index in [4.69, 9.17) is 10.2 Å². The summed E-state index contributed by atoms with van der Waals surface area (Å²) in [5.74, 6) is -2.34. The first-order valence-corrected chi connectivity index (χ1v) is 6.20. The second-order valence-corrected chi connectivity index (χ2v) is 4.36. The maximum absolute atomic E-state index is 14.2.